The Labute approximate surface area is 118 Å². The minimum atomic E-state index is -0.377. The molecule has 6 nitrogen and oxygen atoms in total. The van der Waals surface area contributed by atoms with Crippen molar-refractivity contribution in [2.45, 2.75) is 45.2 Å². The number of nitrogens with zero attached hydrogens (tertiary/aromatic N) is 3. The lowest BCUT2D eigenvalue weighted by molar-refractivity contribution is 0.175. The molecule has 0 unspecified atom stereocenters. The first kappa shape index (κ1) is 13.3. The molecule has 1 atom stereocenters. The van der Waals surface area contributed by atoms with Crippen molar-refractivity contribution in [2.75, 3.05) is 18.1 Å². The van der Waals surface area contributed by atoms with Crippen molar-refractivity contribution in [1.29, 1.82) is 0 Å². The predicted octanol–water partition coefficient (Wildman–Crippen LogP) is 1.94. The molecule has 1 aromatic heterocycles. The average molecular weight is 276 g/mol. The Morgan fingerprint density at radius 2 is 2.25 bits per heavy atom. The number of hydrogen-bond donors (Lipinski definition) is 1. The number of amides is 1. The van der Waals surface area contributed by atoms with E-state index in [-0.39, 0.29) is 17.7 Å². The van der Waals surface area contributed by atoms with E-state index in [0.29, 0.717) is 12.4 Å². The van der Waals surface area contributed by atoms with Crippen molar-refractivity contribution in [1.82, 2.24) is 15.3 Å². The summed E-state index contributed by atoms with van der Waals surface area (Å²) in [5, 5.41) is 3.39. The molecule has 1 aromatic rings. The zero-order valence-electron chi connectivity index (χ0n) is 12.1. The first-order chi connectivity index (χ1) is 9.47. The van der Waals surface area contributed by atoms with E-state index in [4.69, 9.17) is 4.74 Å². The standard InChI is InChI=1S/C14H20N4O2/c1-9-7-11(18-13(19)20-8-14(18,2)3)17-12(16-9)10-5-4-6-15-10/h7,10,15H,4-6,8H2,1-3H3/t10-/m1/s1. The molecule has 0 saturated carbocycles. The molecule has 3 heterocycles. The molecule has 0 radical (unpaired) electrons. The number of aromatic nitrogens is 2. The summed E-state index contributed by atoms with van der Waals surface area (Å²) < 4.78 is 5.15. The average Bonchev–Trinajstić information content (AvgIpc) is 2.97. The Hall–Kier alpha value is -1.69. The van der Waals surface area contributed by atoms with Gasteiger partial charge < -0.3 is 10.1 Å². The Morgan fingerprint density at radius 3 is 2.85 bits per heavy atom. The largest absolute Gasteiger partial charge is 0.447 e. The number of anilines is 1. The number of rotatable bonds is 2. The van der Waals surface area contributed by atoms with Gasteiger partial charge in [0.15, 0.2) is 0 Å². The maximum Gasteiger partial charge on any atom is 0.416 e. The lowest BCUT2D eigenvalue weighted by Gasteiger charge is -2.27. The Balaban J connectivity index is 1.99. The summed E-state index contributed by atoms with van der Waals surface area (Å²) in [5.74, 6) is 1.40. The van der Waals surface area contributed by atoms with Gasteiger partial charge in [-0.1, -0.05) is 0 Å². The quantitative estimate of drug-likeness (QED) is 0.894. The van der Waals surface area contributed by atoms with Crippen LogP contribution < -0.4 is 10.2 Å². The molecule has 2 fully saturated rings. The molecule has 2 aliphatic heterocycles. The minimum Gasteiger partial charge on any atom is -0.447 e. The van der Waals surface area contributed by atoms with Gasteiger partial charge in [0, 0.05) is 11.8 Å². The second-order valence-electron chi connectivity index (χ2n) is 6.08. The minimum absolute atomic E-state index is 0.190. The second-order valence-corrected chi connectivity index (χ2v) is 6.08. The first-order valence-corrected chi connectivity index (χ1v) is 7.03. The van der Waals surface area contributed by atoms with Gasteiger partial charge in [0.25, 0.3) is 0 Å². The molecule has 0 aliphatic carbocycles. The van der Waals surface area contributed by atoms with Crippen molar-refractivity contribution in [3.63, 3.8) is 0 Å². The van der Waals surface area contributed by atoms with Crippen LogP contribution in [-0.2, 0) is 4.74 Å². The van der Waals surface area contributed by atoms with Gasteiger partial charge in [0.2, 0.25) is 0 Å². The van der Waals surface area contributed by atoms with Crippen molar-refractivity contribution in [3.8, 4) is 0 Å². The van der Waals surface area contributed by atoms with E-state index in [1.54, 1.807) is 4.90 Å². The maximum absolute atomic E-state index is 12.0. The van der Waals surface area contributed by atoms with E-state index in [0.717, 1.165) is 30.9 Å². The Morgan fingerprint density at radius 1 is 1.45 bits per heavy atom. The number of ether oxygens (including phenoxy) is 1. The van der Waals surface area contributed by atoms with Gasteiger partial charge in [-0.3, -0.25) is 4.90 Å². The zero-order valence-corrected chi connectivity index (χ0v) is 12.1. The predicted molar refractivity (Wildman–Crippen MR) is 74.7 cm³/mol. The summed E-state index contributed by atoms with van der Waals surface area (Å²) in [6.07, 6.45) is 1.84. The van der Waals surface area contributed by atoms with Crippen molar-refractivity contribution in [3.05, 3.63) is 17.6 Å². The van der Waals surface area contributed by atoms with Crippen LogP contribution in [-0.4, -0.2) is 34.8 Å². The molecule has 108 valence electrons. The molecule has 0 spiro atoms. The van der Waals surface area contributed by atoms with Gasteiger partial charge in [-0.25, -0.2) is 14.8 Å². The van der Waals surface area contributed by atoms with E-state index in [9.17, 15) is 4.79 Å². The van der Waals surface area contributed by atoms with E-state index in [1.165, 1.54) is 0 Å². The number of nitrogens with one attached hydrogen (secondary N) is 1. The Kier molecular flexibility index (Phi) is 3.12. The monoisotopic (exact) mass is 276 g/mol. The van der Waals surface area contributed by atoms with Crippen LogP contribution in [0.5, 0.6) is 0 Å². The van der Waals surface area contributed by atoms with Crippen LogP contribution in [0.4, 0.5) is 10.6 Å². The summed E-state index contributed by atoms with van der Waals surface area (Å²) in [5.41, 5.74) is 0.493. The number of cyclic esters (lactones) is 1. The van der Waals surface area contributed by atoms with Crippen LogP contribution in [0.25, 0.3) is 0 Å². The topological polar surface area (TPSA) is 67.4 Å². The molecule has 1 N–H and O–H groups in total. The van der Waals surface area contributed by atoms with Crippen LogP contribution in [0.3, 0.4) is 0 Å². The fourth-order valence-corrected chi connectivity index (χ4v) is 2.77. The fraction of sp³-hybridized carbons (Fsp3) is 0.643. The van der Waals surface area contributed by atoms with Crippen LogP contribution in [0.2, 0.25) is 0 Å². The van der Waals surface area contributed by atoms with Gasteiger partial charge in [0.05, 0.1) is 11.6 Å². The molecule has 0 bridgehead atoms. The van der Waals surface area contributed by atoms with Gasteiger partial charge in [-0.2, -0.15) is 0 Å². The zero-order chi connectivity index (χ0) is 14.3. The number of carbonyl (C=O) groups is 1. The van der Waals surface area contributed by atoms with Crippen molar-refractivity contribution >= 4 is 11.9 Å². The summed E-state index contributed by atoms with van der Waals surface area (Å²) in [6.45, 7) is 7.25. The third-order valence-electron chi connectivity index (χ3n) is 3.80. The van der Waals surface area contributed by atoms with E-state index >= 15 is 0 Å². The molecule has 2 aliphatic rings. The van der Waals surface area contributed by atoms with E-state index < -0.39 is 0 Å². The number of carbonyl (C=O) groups excluding carboxylic acids is 1. The molecular formula is C14H20N4O2. The first-order valence-electron chi connectivity index (χ1n) is 7.03. The number of hydrogen-bond acceptors (Lipinski definition) is 5. The van der Waals surface area contributed by atoms with Crippen LogP contribution in [0, 0.1) is 6.92 Å². The second kappa shape index (κ2) is 4.70. The molecule has 2 saturated heterocycles. The van der Waals surface area contributed by atoms with Crippen molar-refractivity contribution in [2.24, 2.45) is 0 Å². The normalized spacial score (nSPS) is 25.1. The van der Waals surface area contributed by atoms with E-state index in [1.807, 2.05) is 26.8 Å². The highest BCUT2D eigenvalue weighted by atomic mass is 16.6. The fourth-order valence-electron chi connectivity index (χ4n) is 2.77. The third kappa shape index (κ3) is 2.24. The van der Waals surface area contributed by atoms with Crippen LogP contribution >= 0.6 is 0 Å². The van der Waals surface area contributed by atoms with Gasteiger partial charge in [-0.05, 0) is 40.2 Å². The Bertz CT molecular complexity index is 538. The van der Waals surface area contributed by atoms with Gasteiger partial charge >= 0.3 is 6.09 Å². The lowest BCUT2D eigenvalue weighted by Crippen LogP contribution is -2.42. The van der Waals surface area contributed by atoms with Crippen LogP contribution in [0.1, 0.15) is 44.2 Å². The maximum atomic E-state index is 12.0. The SMILES string of the molecule is Cc1cc(N2C(=O)OCC2(C)C)nc([C@H]2CCCN2)n1. The molecule has 3 rings (SSSR count). The summed E-state index contributed by atoms with van der Waals surface area (Å²) >= 11 is 0. The van der Waals surface area contributed by atoms with Crippen molar-refractivity contribution < 1.29 is 9.53 Å². The molecular weight excluding hydrogens is 256 g/mol. The third-order valence-corrected chi connectivity index (χ3v) is 3.80. The highest BCUT2D eigenvalue weighted by molar-refractivity contribution is 5.90. The molecule has 20 heavy (non-hydrogen) atoms. The highest BCUT2D eigenvalue weighted by Gasteiger charge is 2.42. The molecule has 6 heteroatoms. The number of aryl methyl sites for hydroxylation is 1. The van der Waals surface area contributed by atoms with Crippen LogP contribution in [0.15, 0.2) is 6.07 Å². The van der Waals surface area contributed by atoms with E-state index in [2.05, 4.69) is 15.3 Å². The summed E-state index contributed by atoms with van der Waals surface area (Å²) in [7, 11) is 0. The van der Waals surface area contributed by atoms with Gasteiger partial charge in [-0.15, -0.1) is 0 Å². The lowest BCUT2D eigenvalue weighted by atomic mass is 10.1. The summed E-state index contributed by atoms with van der Waals surface area (Å²) in [6, 6.07) is 2.03. The van der Waals surface area contributed by atoms with Gasteiger partial charge in [0.1, 0.15) is 18.2 Å². The smallest absolute Gasteiger partial charge is 0.416 e. The molecule has 0 aromatic carbocycles. The highest BCUT2D eigenvalue weighted by Crippen LogP contribution is 2.30. The molecule has 1 amide bonds. The summed E-state index contributed by atoms with van der Waals surface area (Å²) in [4.78, 5) is 22.7.